The Kier molecular flexibility index (Phi) is 10.7. The Labute approximate surface area is 190 Å². The van der Waals surface area contributed by atoms with E-state index in [1.165, 1.54) is 6.08 Å². The number of benzene rings is 1. The number of hydrogen-bond acceptors (Lipinski definition) is 7. The molecule has 1 aliphatic carbocycles. The highest BCUT2D eigenvalue weighted by Gasteiger charge is 2.27. The molecule has 8 nitrogen and oxygen atoms in total. The predicted octanol–water partition coefficient (Wildman–Crippen LogP) is 3.23. The number of esters is 1. The van der Waals surface area contributed by atoms with Gasteiger partial charge in [0.1, 0.15) is 17.9 Å². The Morgan fingerprint density at radius 2 is 1.88 bits per heavy atom. The Morgan fingerprint density at radius 1 is 1.19 bits per heavy atom. The Balaban J connectivity index is 1.74. The molecule has 0 aliphatic heterocycles. The molecule has 1 aromatic rings. The summed E-state index contributed by atoms with van der Waals surface area (Å²) in [5.41, 5.74) is 2.02. The summed E-state index contributed by atoms with van der Waals surface area (Å²) in [4.78, 5) is 23.6. The van der Waals surface area contributed by atoms with E-state index in [1.54, 1.807) is 11.6 Å². The lowest BCUT2D eigenvalue weighted by atomic mass is 10.2. The smallest absolute Gasteiger partial charge is 0.325 e. The van der Waals surface area contributed by atoms with Crippen molar-refractivity contribution in [3.05, 3.63) is 35.9 Å². The molecule has 0 unspecified atom stereocenters. The zero-order chi connectivity index (χ0) is 23.4. The van der Waals surface area contributed by atoms with E-state index in [9.17, 15) is 9.59 Å². The fourth-order valence-corrected chi connectivity index (χ4v) is 3.22. The molecule has 178 valence electrons. The van der Waals surface area contributed by atoms with Crippen molar-refractivity contribution in [1.82, 2.24) is 10.8 Å². The van der Waals surface area contributed by atoms with Gasteiger partial charge in [0.25, 0.3) is 5.91 Å². The number of carbonyl (C=O) groups excluding carboxylic acids is 2. The van der Waals surface area contributed by atoms with E-state index in [2.05, 4.69) is 5.32 Å². The maximum absolute atomic E-state index is 12.6. The predicted molar refractivity (Wildman–Crippen MR) is 121 cm³/mol. The van der Waals surface area contributed by atoms with E-state index < -0.39 is 11.9 Å². The zero-order valence-corrected chi connectivity index (χ0v) is 19.3. The monoisotopic (exact) mass is 448 g/mol. The average Bonchev–Trinajstić information content (AvgIpc) is 3.26. The van der Waals surface area contributed by atoms with Crippen molar-refractivity contribution in [2.24, 2.45) is 0 Å². The van der Waals surface area contributed by atoms with Gasteiger partial charge in [-0.25, -0.2) is 5.48 Å². The molecular formula is C24H36N2O6. The van der Waals surface area contributed by atoms with Gasteiger partial charge in [-0.1, -0.05) is 12.1 Å². The molecular weight excluding hydrogens is 412 g/mol. The van der Waals surface area contributed by atoms with Crippen molar-refractivity contribution in [2.45, 2.75) is 70.6 Å². The average molecular weight is 449 g/mol. The van der Waals surface area contributed by atoms with Crippen LogP contribution in [0.5, 0.6) is 5.75 Å². The van der Waals surface area contributed by atoms with Crippen LogP contribution in [0.3, 0.4) is 0 Å². The van der Waals surface area contributed by atoms with Crippen LogP contribution in [0.25, 0.3) is 6.08 Å². The summed E-state index contributed by atoms with van der Waals surface area (Å²) in [5.74, 6) is -0.126. The minimum atomic E-state index is -0.587. The fourth-order valence-electron chi connectivity index (χ4n) is 3.22. The van der Waals surface area contributed by atoms with Crippen LogP contribution in [0, 0.1) is 0 Å². The lowest BCUT2D eigenvalue weighted by Crippen LogP contribution is -2.45. The molecule has 32 heavy (non-hydrogen) atoms. The number of ether oxygens (including phenoxy) is 3. The van der Waals surface area contributed by atoms with Gasteiger partial charge in [-0.15, -0.1) is 0 Å². The normalized spacial score (nSPS) is 15.6. The van der Waals surface area contributed by atoms with E-state index in [1.807, 2.05) is 45.0 Å². The molecule has 1 amide bonds. The second kappa shape index (κ2) is 13.2. The molecule has 1 atom stereocenters. The maximum atomic E-state index is 12.6. The summed E-state index contributed by atoms with van der Waals surface area (Å²) in [7, 11) is 0. The van der Waals surface area contributed by atoms with Gasteiger partial charge in [0.15, 0.2) is 0 Å². The second-order valence-corrected chi connectivity index (χ2v) is 8.85. The van der Waals surface area contributed by atoms with Gasteiger partial charge in [0.2, 0.25) is 0 Å². The summed E-state index contributed by atoms with van der Waals surface area (Å²) in [6.45, 7) is 7.22. The Bertz CT molecular complexity index is 736. The van der Waals surface area contributed by atoms with Crippen molar-refractivity contribution >= 4 is 18.0 Å². The summed E-state index contributed by atoms with van der Waals surface area (Å²) < 4.78 is 17.2. The fraction of sp³-hybridized carbons (Fsp3) is 0.583. The highest BCUT2D eigenvalue weighted by atomic mass is 16.6. The van der Waals surface area contributed by atoms with E-state index >= 15 is 0 Å². The number of amides is 1. The number of carbonyl (C=O) groups is 2. The zero-order valence-electron chi connectivity index (χ0n) is 19.3. The van der Waals surface area contributed by atoms with Gasteiger partial charge in [0.05, 0.1) is 18.8 Å². The number of hydroxylamine groups is 1. The highest BCUT2D eigenvalue weighted by molar-refractivity contribution is 5.90. The minimum absolute atomic E-state index is 0.0283. The van der Waals surface area contributed by atoms with E-state index in [-0.39, 0.29) is 24.3 Å². The van der Waals surface area contributed by atoms with Gasteiger partial charge in [0, 0.05) is 6.08 Å². The topological polar surface area (TPSA) is 106 Å². The summed E-state index contributed by atoms with van der Waals surface area (Å²) in [6.07, 6.45) is 7.66. The van der Waals surface area contributed by atoms with E-state index in [4.69, 9.17) is 19.4 Å². The molecule has 8 heteroatoms. The molecule has 0 heterocycles. The van der Waals surface area contributed by atoms with E-state index in [0.29, 0.717) is 25.3 Å². The number of hydrogen-bond donors (Lipinski definition) is 3. The summed E-state index contributed by atoms with van der Waals surface area (Å²) in [5, 5.41) is 11.7. The largest absolute Gasteiger partial charge is 0.494 e. The van der Waals surface area contributed by atoms with Crippen molar-refractivity contribution in [3.8, 4) is 5.75 Å². The second-order valence-electron chi connectivity index (χ2n) is 8.85. The molecule has 3 N–H and O–H groups in total. The van der Waals surface area contributed by atoms with Gasteiger partial charge >= 0.3 is 5.97 Å². The molecule has 0 aromatic heterocycles. The van der Waals surface area contributed by atoms with Crippen molar-refractivity contribution < 1.29 is 29.0 Å². The number of nitrogens with one attached hydrogen (secondary N) is 2. The molecule has 1 saturated carbocycles. The third-order valence-corrected chi connectivity index (χ3v) is 4.95. The molecule has 1 aromatic carbocycles. The molecule has 0 spiro atoms. The lowest BCUT2D eigenvalue weighted by Gasteiger charge is -2.25. The first-order valence-corrected chi connectivity index (χ1v) is 11.2. The molecule has 0 bridgehead atoms. The Morgan fingerprint density at radius 3 is 2.50 bits per heavy atom. The molecule has 1 aliphatic rings. The van der Waals surface area contributed by atoms with Crippen LogP contribution in [0.2, 0.25) is 0 Å². The van der Waals surface area contributed by atoms with Crippen molar-refractivity contribution in [1.29, 1.82) is 0 Å². The molecule has 0 saturated heterocycles. The van der Waals surface area contributed by atoms with Crippen LogP contribution in [0.1, 0.15) is 58.4 Å². The quantitative estimate of drug-likeness (QED) is 0.148. The first-order chi connectivity index (χ1) is 15.3. The van der Waals surface area contributed by atoms with Gasteiger partial charge in [-0.05, 0) is 83.2 Å². The van der Waals surface area contributed by atoms with Crippen LogP contribution < -0.4 is 15.5 Å². The van der Waals surface area contributed by atoms with Crippen molar-refractivity contribution in [3.63, 3.8) is 0 Å². The Hall–Kier alpha value is -2.42. The first-order valence-electron chi connectivity index (χ1n) is 11.2. The summed E-state index contributed by atoms with van der Waals surface area (Å²) in [6, 6.07) is 6.74. The van der Waals surface area contributed by atoms with Gasteiger partial charge in [-0.3, -0.25) is 14.8 Å². The summed E-state index contributed by atoms with van der Waals surface area (Å²) >= 11 is 0. The third-order valence-electron chi connectivity index (χ3n) is 4.95. The molecule has 2 rings (SSSR count). The number of rotatable bonds is 12. The SMILES string of the molecule is CC(C)(C)OC[C@H](NCCCOc1ccc(/C=C/C(=O)NO)cc1)C(=O)OC1CCCC1. The van der Waals surface area contributed by atoms with Crippen LogP contribution in [-0.4, -0.2) is 54.6 Å². The van der Waals surface area contributed by atoms with E-state index in [0.717, 1.165) is 31.2 Å². The van der Waals surface area contributed by atoms with Crippen LogP contribution in [0.15, 0.2) is 30.3 Å². The van der Waals surface area contributed by atoms with Crippen LogP contribution in [-0.2, 0) is 19.1 Å². The van der Waals surface area contributed by atoms with Gasteiger partial charge < -0.3 is 19.5 Å². The standard InChI is InChI=1S/C24H36N2O6/c1-24(2,3)31-17-21(23(28)32-20-7-4-5-8-20)25-15-6-16-30-19-12-9-18(10-13-19)11-14-22(27)26-29/h9-14,20-21,25,29H,4-8,15-17H2,1-3H3,(H,26,27)/b14-11+/t21-/m0/s1. The first kappa shape index (κ1) is 25.8. The van der Waals surface area contributed by atoms with Crippen molar-refractivity contribution in [2.75, 3.05) is 19.8 Å². The molecule has 1 fully saturated rings. The highest BCUT2D eigenvalue weighted by Crippen LogP contribution is 2.21. The molecule has 0 radical (unpaired) electrons. The minimum Gasteiger partial charge on any atom is -0.494 e. The van der Waals surface area contributed by atoms with Gasteiger partial charge in [-0.2, -0.15) is 0 Å². The lowest BCUT2D eigenvalue weighted by molar-refractivity contribution is -0.154. The third kappa shape index (κ3) is 10.3. The maximum Gasteiger partial charge on any atom is 0.325 e. The van der Waals surface area contributed by atoms with Crippen LogP contribution in [0.4, 0.5) is 0 Å². The van der Waals surface area contributed by atoms with Crippen LogP contribution >= 0.6 is 0 Å².